The van der Waals surface area contributed by atoms with Crippen LogP contribution in [-0.2, 0) is 4.74 Å². The number of nitrogens with one attached hydrogen (secondary N) is 1. The molecule has 1 aromatic carbocycles. The van der Waals surface area contributed by atoms with Crippen molar-refractivity contribution >= 4 is 28.4 Å². The van der Waals surface area contributed by atoms with Gasteiger partial charge in [-0.25, -0.2) is 0 Å². The van der Waals surface area contributed by atoms with E-state index in [0.29, 0.717) is 17.3 Å². The molecule has 106 valence electrons. The van der Waals surface area contributed by atoms with Crippen molar-refractivity contribution in [3.63, 3.8) is 0 Å². The summed E-state index contributed by atoms with van der Waals surface area (Å²) in [4.78, 5) is 17.4. The summed E-state index contributed by atoms with van der Waals surface area (Å²) in [5.41, 5.74) is 1.38. The molecule has 1 aromatic heterocycles. The summed E-state index contributed by atoms with van der Waals surface area (Å²) in [6.45, 7) is 1.41. The highest BCUT2D eigenvalue weighted by Gasteiger charge is 2.24. The van der Waals surface area contributed by atoms with Crippen molar-refractivity contribution in [2.24, 2.45) is 0 Å². The van der Waals surface area contributed by atoms with Gasteiger partial charge in [-0.05, 0) is 25.0 Å². The molecule has 1 atom stereocenters. The molecule has 20 heavy (non-hydrogen) atoms. The second-order valence-electron chi connectivity index (χ2n) is 5.17. The van der Waals surface area contributed by atoms with Gasteiger partial charge in [0.05, 0.1) is 23.2 Å². The molecule has 1 N–H and O–H groups in total. The molecule has 3 rings (SSSR count). The standard InChI is InChI=1S/C15H17ClN2O2/c1-18(11-5-3-7-20-9-11)15(19)13-8-10-4-2-6-12(16)14(10)17-13/h2,4,6,8,11,17H,3,5,7,9H2,1H3. The topological polar surface area (TPSA) is 45.3 Å². The van der Waals surface area contributed by atoms with Gasteiger partial charge in [-0.1, -0.05) is 23.7 Å². The zero-order valence-electron chi connectivity index (χ0n) is 11.4. The molecule has 1 aliphatic rings. The fourth-order valence-electron chi connectivity index (χ4n) is 2.62. The monoisotopic (exact) mass is 292 g/mol. The number of aromatic nitrogens is 1. The highest BCUT2D eigenvalue weighted by molar-refractivity contribution is 6.35. The normalized spacial score (nSPS) is 19.2. The molecule has 0 saturated carbocycles. The average molecular weight is 293 g/mol. The summed E-state index contributed by atoms with van der Waals surface area (Å²) in [5, 5.41) is 1.58. The van der Waals surface area contributed by atoms with Crippen molar-refractivity contribution in [1.82, 2.24) is 9.88 Å². The van der Waals surface area contributed by atoms with Gasteiger partial charge in [0.15, 0.2) is 0 Å². The van der Waals surface area contributed by atoms with E-state index in [1.54, 1.807) is 4.90 Å². The number of H-pyrrole nitrogens is 1. The van der Waals surface area contributed by atoms with E-state index in [-0.39, 0.29) is 11.9 Å². The second kappa shape index (κ2) is 5.46. The van der Waals surface area contributed by atoms with Crippen molar-refractivity contribution in [3.05, 3.63) is 35.0 Å². The van der Waals surface area contributed by atoms with Gasteiger partial charge >= 0.3 is 0 Å². The Labute approximate surface area is 122 Å². The smallest absolute Gasteiger partial charge is 0.270 e. The number of likely N-dealkylation sites (N-methyl/N-ethyl adjacent to an activating group) is 1. The number of benzene rings is 1. The van der Waals surface area contributed by atoms with Crippen LogP contribution >= 0.6 is 11.6 Å². The Morgan fingerprint density at radius 3 is 3.05 bits per heavy atom. The highest BCUT2D eigenvalue weighted by Crippen LogP contribution is 2.24. The van der Waals surface area contributed by atoms with Crippen LogP contribution in [0.5, 0.6) is 0 Å². The number of carbonyl (C=O) groups is 1. The number of aromatic amines is 1. The number of halogens is 1. The van der Waals surface area contributed by atoms with Crippen molar-refractivity contribution < 1.29 is 9.53 Å². The molecule has 1 fully saturated rings. The lowest BCUT2D eigenvalue weighted by Gasteiger charge is -2.30. The van der Waals surface area contributed by atoms with E-state index in [0.717, 1.165) is 30.4 Å². The Balaban J connectivity index is 1.86. The molecular weight excluding hydrogens is 276 g/mol. The predicted octanol–water partition coefficient (Wildman–Crippen LogP) is 3.07. The van der Waals surface area contributed by atoms with Crippen LogP contribution in [0.4, 0.5) is 0 Å². The van der Waals surface area contributed by atoms with Crippen LogP contribution in [0.15, 0.2) is 24.3 Å². The summed E-state index contributed by atoms with van der Waals surface area (Å²) in [6, 6.07) is 7.64. The number of fused-ring (bicyclic) bond motifs is 1. The number of rotatable bonds is 2. The third kappa shape index (κ3) is 2.41. The molecule has 2 heterocycles. The SMILES string of the molecule is CN(C(=O)c1cc2cccc(Cl)c2[nH]1)C1CCCOC1. The van der Waals surface area contributed by atoms with E-state index in [1.165, 1.54) is 0 Å². The Bertz CT molecular complexity index is 632. The van der Waals surface area contributed by atoms with Gasteiger partial charge in [-0.2, -0.15) is 0 Å². The maximum absolute atomic E-state index is 12.5. The van der Waals surface area contributed by atoms with Crippen LogP contribution in [0.1, 0.15) is 23.3 Å². The maximum Gasteiger partial charge on any atom is 0.270 e. The van der Waals surface area contributed by atoms with Gasteiger partial charge in [-0.3, -0.25) is 4.79 Å². The molecule has 1 unspecified atom stereocenters. The minimum atomic E-state index is -0.0206. The minimum absolute atomic E-state index is 0.0206. The number of carbonyl (C=O) groups excluding carboxylic acids is 1. The van der Waals surface area contributed by atoms with E-state index in [1.807, 2.05) is 31.3 Å². The molecular formula is C15H17ClN2O2. The number of ether oxygens (including phenoxy) is 1. The van der Waals surface area contributed by atoms with Crippen LogP contribution in [0.2, 0.25) is 5.02 Å². The summed E-state index contributed by atoms with van der Waals surface area (Å²) in [6.07, 6.45) is 1.99. The van der Waals surface area contributed by atoms with E-state index in [9.17, 15) is 4.79 Å². The average Bonchev–Trinajstić information content (AvgIpc) is 2.92. The third-order valence-electron chi connectivity index (χ3n) is 3.84. The first-order valence-electron chi connectivity index (χ1n) is 6.79. The Kier molecular flexibility index (Phi) is 3.68. The van der Waals surface area contributed by atoms with E-state index in [2.05, 4.69) is 4.98 Å². The lowest BCUT2D eigenvalue weighted by atomic mass is 10.1. The quantitative estimate of drug-likeness (QED) is 0.924. The summed E-state index contributed by atoms with van der Waals surface area (Å²) >= 11 is 6.13. The first-order valence-corrected chi connectivity index (χ1v) is 7.17. The van der Waals surface area contributed by atoms with Crippen LogP contribution in [0.25, 0.3) is 10.9 Å². The highest BCUT2D eigenvalue weighted by atomic mass is 35.5. The Morgan fingerprint density at radius 1 is 1.50 bits per heavy atom. The Morgan fingerprint density at radius 2 is 2.35 bits per heavy atom. The van der Waals surface area contributed by atoms with Crippen molar-refractivity contribution in [3.8, 4) is 0 Å². The summed E-state index contributed by atoms with van der Waals surface area (Å²) in [7, 11) is 1.83. The molecule has 5 heteroatoms. The molecule has 2 aromatic rings. The van der Waals surface area contributed by atoms with Crippen LogP contribution < -0.4 is 0 Å². The third-order valence-corrected chi connectivity index (χ3v) is 4.16. The molecule has 1 saturated heterocycles. The predicted molar refractivity (Wildman–Crippen MR) is 79.2 cm³/mol. The maximum atomic E-state index is 12.5. The zero-order valence-corrected chi connectivity index (χ0v) is 12.1. The lowest BCUT2D eigenvalue weighted by Crippen LogP contribution is -2.42. The molecule has 0 bridgehead atoms. The van der Waals surface area contributed by atoms with Crippen molar-refractivity contribution in [2.75, 3.05) is 20.3 Å². The molecule has 0 radical (unpaired) electrons. The lowest BCUT2D eigenvalue weighted by molar-refractivity contribution is 0.0242. The van der Waals surface area contributed by atoms with E-state index < -0.39 is 0 Å². The molecule has 1 aliphatic heterocycles. The number of nitrogens with zero attached hydrogens (tertiary/aromatic N) is 1. The molecule has 0 aliphatic carbocycles. The summed E-state index contributed by atoms with van der Waals surface area (Å²) in [5.74, 6) is -0.0206. The largest absolute Gasteiger partial charge is 0.379 e. The fraction of sp³-hybridized carbons (Fsp3) is 0.400. The van der Waals surface area contributed by atoms with Crippen LogP contribution in [0, 0.1) is 0 Å². The van der Waals surface area contributed by atoms with Gasteiger partial charge in [0.25, 0.3) is 5.91 Å². The Hall–Kier alpha value is -1.52. The minimum Gasteiger partial charge on any atom is -0.379 e. The van der Waals surface area contributed by atoms with Crippen LogP contribution in [-0.4, -0.2) is 42.1 Å². The molecule has 4 nitrogen and oxygen atoms in total. The van der Waals surface area contributed by atoms with Crippen molar-refractivity contribution in [1.29, 1.82) is 0 Å². The zero-order chi connectivity index (χ0) is 14.1. The van der Waals surface area contributed by atoms with Crippen molar-refractivity contribution in [2.45, 2.75) is 18.9 Å². The first kappa shape index (κ1) is 13.5. The van der Waals surface area contributed by atoms with E-state index >= 15 is 0 Å². The first-order chi connectivity index (χ1) is 9.66. The number of hydrogen-bond donors (Lipinski definition) is 1. The van der Waals surface area contributed by atoms with Gasteiger partial charge < -0.3 is 14.6 Å². The number of amides is 1. The summed E-state index contributed by atoms with van der Waals surface area (Å²) < 4.78 is 5.44. The second-order valence-corrected chi connectivity index (χ2v) is 5.58. The van der Waals surface area contributed by atoms with Gasteiger partial charge in [0.1, 0.15) is 5.69 Å². The van der Waals surface area contributed by atoms with Crippen LogP contribution in [0.3, 0.4) is 0 Å². The van der Waals surface area contributed by atoms with Gasteiger partial charge in [0.2, 0.25) is 0 Å². The molecule has 0 spiro atoms. The number of hydrogen-bond acceptors (Lipinski definition) is 2. The van der Waals surface area contributed by atoms with E-state index in [4.69, 9.17) is 16.3 Å². The number of para-hydroxylation sites is 1. The molecule has 1 amide bonds. The fourth-order valence-corrected chi connectivity index (χ4v) is 2.85. The van der Waals surface area contributed by atoms with Gasteiger partial charge in [-0.15, -0.1) is 0 Å². The van der Waals surface area contributed by atoms with Gasteiger partial charge in [0, 0.05) is 19.0 Å².